The number of halogens is 1. The van der Waals surface area contributed by atoms with Gasteiger partial charge in [-0.05, 0) is 36.8 Å². The standard InChI is InChI=1S/C25H23ClN4O2/c1-29(2)24(31)19-13-22(27-20-6-4-3-5-18(19)20)16-9-10-30(14-16)25(32)23-11-15-7-8-17(26)12-21(15)28-23/h3-8,11-13,16,28H,9-10,14H2,1-2H3/t16-/m0/s1. The normalized spacial score (nSPS) is 16.1. The molecule has 0 unspecified atom stereocenters. The van der Waals surface area contributed by atoms with Crippen molar-refractivity contribution in [1.82, 2.24) is 19.8 Å². The van der Waals surface area contributed by atoms with E-state index in [1.807, 2.05) is 59.5 Å². The minimum Gasteiger partial charge on any atom is -0.350 e. The average molecular weight is 447 g/mol. The van der Waals surface area contributed by atoms with Crippen LogP contribution in [0.5, 0.6) is 0 Å². The fraction of sp³-hybridized carbons (Fsp3) is 0.240. The molecule has 0 spiro atoms. The molecular formula is C25H23ClN4O2. The fourth-order valence-corrected chi connectivity index (χ4v) is 4.57. The van der Waals surface area contributed by atoms with E-state index in [1.54, 1.807) is 19.0 Å². The average Bonchev–Trinajstić information content (AvgIpc) is 3.44. The van der Waals surface area contributed by atoms with Crippen LogP contribution in [0.3, 0.4) is 0 Å². The van der Waals surface area contributed by atoms with Crippen LogP contribution in [0.1, 0.15) is 38.9 Å². The summed E-state index contributed by atoms with van der Waals surface area (Å²) in [6.45, 7) is 1.21. The predicted octanol–water partition coefficient (Wildman–Crippen LogP) is 4.70. The van der Waals surface area contributed by atoms with Gasteiger partial charge >= 0.3 is 0 Å². The number of carbonyl (C=O) groups is 2. The molecule has 2 aromatic carbocycles. The summed E-state index contributed by atoms with van der Waals surface area (Å²) in [7, 11) is 3.50. The first kappa shape index (κ1) is 20.5. The third kappa shape index (κ3) is 3.60. The van der Waals surface area contributed by atoms with Crippen LogP contribution in [0.15, 0.2) is 54.6 Å². The SMILES string of the molecule is CN(C)C(=O)c1cc([C@H]2CCN(C(=O)c3cc4ccc(Cl)cc4[nH]3)C2)nc2ccccc12. The van der Waals surface area contributed by atoms with Gasteiger partial charge < -0.3 is 14.8 Å². The number of aromatic amines is 1. The van der Waals surface area contributed by atoms with Gasteiger partial charge in [-0.15, -0.1) is 0 Å². The van der Waals surface area contributed by atoms with Crippen LogP contribution in [-0.2, 0) is 0 Å². The Kier molecular flexibility index (Phi) is 5.10. The zero-order valence-electron chi connectivity index (χ0n) is 17.9. The molecular weight excluding hydrogens is 424 g/mol. The lowest BCUT2D eigenvalue weighted by atomic mass is 9.99. The molecule has 0 radical (unpaired) electrons. The van der Waals surface area contributed by atoms with E-state index in [-0.39, 0.29) is 17.7 Å². The van der Waals surface area contributed by atoms with Gasteiger partial charge in [-0.1, -0.05) is 35.9 Å². The Balaban J connectivity index is 1.43. The number of nitrogens with zero attached hydrogens (tertiary/aromatic N) is 3. The zero-order chi connectivity index (χ0) is 22.4. The Labute approximate surface area is 190 Å². The van der Waals surface area contributed by atoms with Crippen molar-refractivity contribution in [1.29, 1.82) is 0 Å². The molecule has 0 aliphatic carbocycles. The number of amides is 2. The first-order chi connectivity index (χ1) is 15.4. The smallest absolute Gasteiger partial charge is 0.270 e. The largest absolute Gasteiger partial charge is 0.350 e. The quantitative estimate of drug-likeness (QED) is 0.496. The van der Waals surface area contributed by atoms with Gasteiger partial charge in [-0.25, -0.2) is 0 Å². The first-order valence-corrected chi connectivity index (χ1v) is 11.0. The highest BCUT2D eigenvalue weighted by molar-refractivity contribution is 6.31. The molecule has 1 saturated heterocycles. The first-order valence-electron chi connectivity index (χ1n) is 10.6. The number of rotatable bonds is 3. The van der Waals surface area contributed by atoms with Crippen LogP contribution in [0.25, 0.3) is 21.8 Å². The summed E-state index contributed by atoms with van der Waals surface area (Å²) >= 11 is 6.07. The molecule has 0 saturated carbocycles. The molecule has 1 fully saturated rings. The molecule has 0 bridgehead atoms. The number of para-hydroxylation sites is 1. The third-order valence-electron chi connectivity index (χ3n) is 6.08. The van der Waals surface area contributed by atoms with Crippen molar-refractivity contribution >= 4 is 45.2 Å². The minimum atomic E-state index is -0.0486. The van der Waals surface area contributed by atoms with E-state index in [9.17, 15) is 9.59 Å². The van der Waals surface area contributed by atoms with Crippen molar-refractivity contribution in [3.63, 3.8) is 0 Å². The lowest BCUT2D eigenvalue weighted by molar-refractivity contribution is 0.0784. The second kappa shape index (κ2) is 7.95. The van der Waals surface area contributed by atoms with Crippen molar-refractivity contribution in [3.05, 3.63) is 76.6 Å². The molecule has 5 rings (SSSR count). The van der Waals surface area contributed by atoms with Gasteiger partial charge in [0.25, 0.3) is 11.8 Å². The van der Waals surface area contributed by atoms with Crippen molar-refractivity contribution in [2.75, 3.05) is 27.2 Å². The molecule has 32 heavy (non-hydrogen) atoms. The maximum absolute atomic E-state index is 13.1. The number of nitrogens with one attached hydrogen (secondary N) is 1. The van der Waals surface area contributed by atoms with Crippen LogP contribution in [0.4, 0.5) is 0 Å². The molecule has 162 valence electrons. The lowest BCUT2D eigenvalue weighted by Gasteiger charge is -2.17. The van der Waals surface area contributed by atoms with Crippen LogP contribution in [0, 0.1) is 0 Å². The number of likely N-dealkylation sites (tertiary alicyclic amines) is 1. The second-order valence-corrected chi connectivity index (χ2v) is 8.90. The summed E-state index contributed by atoms with van der Waals surface area (Å²) in [5.41, 5.74) is 3.70. The number of fused-ring (bicyclic) bond motifs is 2. The van der Waals surface area contributed by atoms with Gasteiger partial charge in [0.2, 0.25) is 0 Å². The third-order valence-corrected chi connectivity index (χ3v) is 6.32. The van der Waals surface area contributed by atoms with E-state index in [0.717, 1.165) is 33.9 Å². The Morgan fingerprint density at radius 3 is 2.75 bits per heavy atom. The molecule has 1 atom stereocenters. The predicted molar refractivity (Wildman–Crippen MR) is 126 cm³/mol. The number of hydrogen-bond donors (Lipinski definition) is 1. The van der Waals surface area contributed by atoms with E-state index in [0.29, 0.717) is 29.4 Å². The number of H-pyrrole nitrogens is 1. The summed E-state index contributed by atoms with van der Waals surface area (Å²) in [6, 6.07) is 17.0. The number of hydrogen-bond acceptors (Lipinski definition) is 3. The van der Waals surface area contributed by atoms with E-state index in [4.69, 9.17) is 16.6 Å². The molecule has 1 N–H and O–H groups in total. The van der Waals surface area contributed by atoms with Crippen LogP contribution in [-0.4, -0.2) is 58.8 Å². The maximum Gasteiger partial charge on any atom is 0.270 e. The molecule has 3 heterocycles. The number of aromatic nitrogens is 2. The topological polar surface area (TPSA) is 69.3 Å². The minimum absolute atomic E-state index is 0.0368. The van der Waals surface area contributed by atoms with Gasteiger partial charge in [0.15, 0.2) is 0 Å². The monoisotopic (exact) mass is 446 g/mol. The van der Waals surface area contributed by atoms with E-state index >= 15 is 0 Å². The summed E-state index contributed by atoms with van der Waals surface area (Å²) in [5, 5.41) is 2.43. The summed E-state index contributed by atoms with van der Waals surface area (Å²) in [4.78, 5) is 37.4. The summed E-state index contributed by atoms with van der Waals surface area (Å²) in [5.74, 6) is -0.00573. The zero-order valence-corrected chi connectivity index (χ0v) is 18.7. The van der Waals surface area contributed by atoms with Crippen molar-refractivity contribution in [2.24, 2.45) is 0 Å². The molecule has 7 heteroatoms. The van der Waals surface area contributed by atoms with E-state index < -0.39 is 0 Å². The van der Waals surface area contributed by atoms with Crippen LogP contribution in [0.2, 0.25) is 5.02 Å². The Morgan fingerprint density at radius 2 is 1.94 bits per heavy atom. The molecule has 1 aliphatic heterocycles. The van der Waals surface area contributed by atoms with Crippen LogP contribution < -0.4 is 0 Å². The Bertz CT molecular complexity index is 1360. The van der Waals surface area contributed by atoms with Crippen molar-refractivity contribution < 1.29 is 9.59 Å². The Hall–Kier alpha value is -3.38. The molecule has 1 aliphatic rings. The second-order valence-electron chi connectivity index (χ2n) is 8.46. The number of benzene rings is 2. The highest BCUT2D eigenvalue weighted by atomic mass is 35.5. The molecule has 2 aromatic heterocycles. The maximum atomic E-state index is 13.1. The summed E-state index contributed by atoms with van der Waals surface area (Å²) < 4.78 is 0. The van der Waals surface area contributed by atoms with Gasteiger partial charge in [0.05, 0.1) is 11.1 Å². The van der Waals surface area contributed by atoms with Crippen molar-refractivity contribution in [3.8, 4) is 0 Å². The van der Waals surface area contributed by atoms with Gasteiger partial charge in [-0.3, -0.25) is 14.6 Å². The number of carbonyl (C=O) groups excluding carboxylic acids is 2. The Morgan fingerprint density at radius 1 is 1.12 bits per heavy atom. The molecule has 6 nitrogen and oxygen atoms in total. The lowest BCUT2D eigenvalue weighted by Crippen LogP contribution is -2.28. The van der Waals surface area contributed by atoms with Crippen molar-refractivity contribution in [2.45, 2.75) is 12.3 Å². The van der Waals surface area contributed by atoms with Crippen LogP contribution >= 0.6 is 11.6 Å². The van der Waals surface area contributed by atoms with Gasteiger partial charge in [0, 0.05) is 60.1 Å². The highest BCUT2D eigenvalue weighted by Gasteiger charge is 2.30. The highest BCUT2D eigenvalue weighted by Crippen LogP contribution is 2.31. The van der Waals surface area contributed by atoms with E-state index in [1.165, 1.54) is 0 Å². The molecule has 4 aromatic rings. The van der Waals surface area contributed by atoms with Gasteiger partial charge in [0.1, 0.15) is 5.69 Å². The fourth-order valence-electron chi connectivity index (χ4n) is 4.39. The summed E-state index contributed by atoms with van der Waals surface area (Å²) in [6.07, 6.45) is 0.804. The molecule has 2 amide bonds. The van der Waals surface area contributed by atoms with E-state index in [2.05, 4.69) is 4.98 Å². The van der Waals surface area contributed by atoms with Gasteiger partial charge in [-0.2, -0.15) is 0 Å². The number of pyridine rings is 1.